The Morgan fingerprint density at radius 3 is 1.65 bits per heavy atom. The van der Waals surface area contributed by atoms with E-state index < -0.39 is 76.1 Å². The lowest BCUT2D eigenvalue weighted by Gasteiger charge is -2.36. The quantitative estimate of drug-likeness (QED) is 0.0510. The van der Waals surface area contributed by atoms with Gasteiger partial charge in [-0.05, 0) is 163 Å². The molecule has 0 radical (unpaired) electrons. The van der Waals surface area contributed by atoms with E-state index in [2.05, 4.69) is 60.0 Å². The minimum atomic E-state index is -1.02. The second-order valence-electron chi connectivity index (χ2n) is 23.3. The van der Waals surface area contributed by atoms with Crippen molar-refractivity contribution in [3.05, 3.63) is 136 Å². The van der Waals surface area contributed by atoms with Crippen molar-refractivity contribution < 1.29 is 38.4 Å². The SMILES string of the molecule is CNC(C)C(=O)NC(C(=O)NC(Cc1ccc(NC(=O)c2ccc(C(=O)NC3CC(C(=O)NC4CCCc5ccccc54)N(C(=O)C(NC(=O)[C@H](C)NC)C(C)(C)C)C3)cc2)cc1)C(=O)NC1CCCc2ccccc21)C(C)(C)SC. The van der Waals surface area contributed by atoms with Gasteiger partial charge in [-0.25, -0.2) is 0 Å². The number of likely N-dealkylation sites (tertiary alicyclic amines) is 1. The number of aryl methyl sites for hydroxylation is 2. The van der Waals surface area contributed by atoms with Crippen molar-refractivity contribution >= 4 is 64.7 Å². The number of likely N-dealkylation sites (N-methyl/N-ethyl adjacent to an activating group) is 2. The summed E-state index contributed by atoms with van der Waals surface area (Å²) in [6, 6.07) is 23.0. The summed E-state index contributed by atoms with van der Waals surface area (Å²) < 4.78 is -0.734. The van der Waals surface area contributed by atoms with Crippen molar-refractivity contribution in [3.63, 3.8) is 0 Å². The van der Waals surface area contributed by atoms with Crippen LogP contribution in [0.3, 0.4) is 0 Å². The van der Waals surface area contributed by atoms with Gasteiger partial charge < -0.3 is 52.8 Å². The Hall–Kier alpha value is -7.09. The molecule has 1 heterocycles. The number of carbonyl (C=O) groups excluding carboxylic acids is 8. The summed E-state index contributed by atoms with van der Waals surface area (Å²) in [5, 5.41) is 27.0. The van der Waals surface area contributed by atoms with Crippen molar-refractivity contribution in [1.82, 2.24) is 47.4 Å². The first-order chi connectivity index (χ1) is 38.5. The molecule has 8 unspecified atom stereocenters. The smallest absolute Gasteiger partial charge is 0.255 e. The van der Waals surface area contributed by atoms with E-state index in [-0.39, 0.29) is 66.2 Å². The van der Waals surface area contributed by atoms with E-state index in [1.807, 2.05) is 77.3 Å². The topological polar surface area (TPSA) is 248 Å². The fourth-order valence-electron chi connectivity index (χ4n) is 10.7. The maximum Gasteiger partial charge on any atom is 0.255 e. The van der Waals surface area contributed by atoms with E-state index in [4.69, 9.17) is 0 Å². The highest BCUT2D eigenvalue weighted by Crippen LogP contribution is 2.33. The molecular formula is C62H82N10O8S. The Morgan fingerprint density at radius 1 is 0.605 bits per heavy atom. The number of hydrogen-bond donors (Lipinski definition) is 9. The van der Waals surface area contributed by atoms with Crippen LogP contribution in [0.15, 0.2) is 97.1 Å². The molecule has 0 bridgehead atoms. The number of amides is 8. The number of thioether (sulfide) groups is 1. The number of nitrogens with zero attached hydrogens (tertiary/aromatic N) is 1. The third-order valence-electron chi connectivity index (χ3n) is 16.1. The van der Waals surface area contributed by atoms with Crippen molar-refractivity contribution in [2.45, 2.75) is 159 Å². The Labute approximate surface area is 481 Å². The molecular weight excluding hydrogens is 1040 g/mol. The number of anilines is 1. The zero-order valence-electron chi connectivity index (χ0n) is 48.4. The van der Waals surface area contributed by atoms with E-state index in [0.717, 1.165) is 49.7 Å². The highest BCUT2D eigenvalue weighted by Gasteiger charge is 2.46. The fourth-order valence-corrected chi connectivity index (χ4v) is 11.1. The lowest BCUT2D eigenvalue weighted by atomic mass is 9.85. The second-order valence-corrected chi connectivity index (χ2v) is 24.7. The minimum absolute atomic E-state index is 0.0263. The summed E-state index contributed by atoms with van der Waals surface area (Å²) in [6.45, 7) is 12.7. The average molecular weight is 1130 g/mol. The molecule has 18 nitrogen and oxygen atoms in total. The van der Waals surface area contributed by atoms with Gasteiger partial charge in [0.1, 0.15) is 24.2 Å². The number of rotatable bonds is 21. The Bertz CT molecular complexity index is 2930. The van der Waals surface area contributed by atoms with Gasteiger partial charge in [0.25, 0.3) is 11.8 Å². The van der Waals surface area contributed by atoms with Crippen LogP contribution in [0.25, 0.3) is 0 Å². The van der Waals surface area contributed by atoms with Gasteiger partial charge in [0.15, 0.2) is 0 Å². The van der Waals surface area contributed by atoms with Gasteiger partial charge in [-0.15, -0.1) is 0 Å². The van der Waals surface area contributed by atoms with Gasteiger partial charge in [0.05, 0.1) is 24.2 Å². The number of carbonyl (C=O) groups is 8. The molecule has 0 spiro atoms. The second kappa shape index (κ2) is 27.1. The standard InChI is InChI=1S/C62H82N10O8S/c1-36(63-8)53(73)70-51(62(6,7)81-10)59(79)69-49(57(77)67-47-23-15-19-39-17-11-13-21-45(39)47)33-38-25-31-43(32-26-38)65-55(75)41-27-29-42(30-28-41)56(76)66-44-34-50(58(78)68-48-24-16-20-40-18-12-14-22-46(40)48)72(35-44)60(80)52(61(3,4)5)71-54(74)37(2)64-9/h11-14,17-18,21-22,25-32,36-37,44,47-52,63-64H,15-16,19-20,23-24,33-35H2,1-10H3,(H,65,75)(H,66,76)(H,67,77)(H,68,78)(H,69,79)(H,70,73)(H,71,74)/t36?,37-,44?,47?,48?,49?,50?,51?,52?/m0/s1. The lowest BCUT2D eigenvalue weighted by molar-refractivity contribution is -0.144. The molecule has 4 aromatic carbocycles. The third-order valence-corrected chi connectivity index (χ3v) is 17.4. The van der Waals surface area contributed by atoms with Crippen LogP contribution in [-0.4, -0.2) is 126 Å². The summed E-state index contributed by atoms with van der Waals surface area (Å²) in [5.41, 5.74) is 5.43. The van der Waals surface area contributed by atoms with Gasteiger partial charge in [-0.2, -0.15) is 11.8 Å². The molecule has 0 saturated carbocycles. The highest BCUT2D eigenvalue weighted by molar-refractivity contribution is 8.00. The predicted octanol–water partition coefficient (Wildman–Crippen LogP) is 5.43. The van der Waals surface area contributed by atoms with E-state index in [1.54, 1.807) is 52.2 Å². The van der Waals surface area contributed by atoms with Gasteiger partial charge in [0.2, 0.25) is 35.4 Å². The van der Waals surface area contributed by atoms with Crippen LogP contribution >= 0.6 is 11.8 Å². The third kappa shape index (κ3) is 15.5. The van der Waals surface area contributed by atoms with E-state index in [9.17, 15) is 38.4 Å². The van der Waals surface area contributed by atoms with Crippen LogP contribution in [0.2, 0.25) is 0 Å². The van der Waals surface area contributed by atoms with Crippen LogP contribution in [0.1, 0.15) is 141 Å². The highest BCUT2D eigenvalue weighted by atomic mass is 32.2. The summed E-state index contributed by atoms with van der Waals surface area (Å²) in [6.07, 6.45) is 7.22. The summed E-state index contributed by atoms with van der Waals surface area (Å²) in [5.74, 6) is -3.23. The Balaban J connectivity index is 1.02. The van der Waals surface area contributed by atoms with Crippen molar-refractivity contribution in [2.24, 2.45) is 5.41 Å². The largest absolute Gasteiger partial charge is 0.347 e. The maximum atomic E-state index is 14.6. The molecule has 7 rings (SSSR count). The first-order valence-electron chi connectivity index (χ1n) is 28.2. The molecule has 81 heavy (non-hydrogen) atoms. The molecule has 2 aliphatic carbocycles. The molecule has 4 aromatic rings. The zero-order valence-corrected chi connectivity index (χ0v) is 49.2. The number of hydrogen-bond acceptors (Lipinski definition) is 11. The van der Waals surface area contributed by atoms with E-state index >= 15 is 0 Å². The van der Waals surface area contributed by atoms with Crippen molar-refractivity contribution in [1.29, 1.82) is 0 Å². The van der Waals surface area contributed by atoms with E-state index in [0.29, 0.717) is 11.3 Å². The first-order valence-corrected chi connectivity index (χ1v) is 29.4. The summed E-state index contributed by atoms with van der Waals surface area (Å²) in [7, 11) is 3.32. The molecule has 9 N–H and O–H groups in total. The van der Waals surface area contributed by atoms with Gasteiger partial charge in [-0.1, -0.05) is 81.4 Å². The van der Waals surface area contributed by atoms with Gasteiger partial charge >= 0.3 is 0 Å². The Morgan fingerprint density at radius 2 is 1.12 bits per heavy atom. The van der Waals surface area contributed by atoms with Crippen molar-refractivity contribution in [2.75, 3.05) is 32.2 Å². The average Bonchev–Trinajstić information content (AvgIpc) is 4.13. The molecule has 9 atom stereocenters. The summed E-state index contributed by atoms with van der Waals surface area (Å²) >= 11 is 1.42. The summed E-state index contributed by atoms with van der Waals surface area (Å²) in [4.78, 5) is 113. The molecule has 19 heteroatoms. The van der Waals surface area contributed by atoms with Crippen LogP contribution in [0, 0.1) is 5.41 Å². The normalized spacial score (nSPS) is 19.7. The zero-order chi connectivity index (χ0) is 58.8. The molecule has 0 aromatic heterocycles. The van der Waals surface area contributed by atoms with Gasteiger partial charge in [0, 0.05) is 40.6 Å². The van der Waals surface area contributed by atoms with Crippen LogP contribution in [0.5, 0.6) is 0 Å². The molecule has 1 saturated heterocycles. The monoisotopic (exact) mass is 1130 g/mol. The number of nitrogens with one attached hydrogen (secondary N) is 9. The lowest BCUT2D eigenvalue weighted by Crippen LogP contribution is -2.61. The number of benzene rings is 4. The molecule has 434 valence electrons. The van der Waals surface area contributed by atoms with Crippen LogP contribution in [-0.2, 0) is 48.0 Å². The number of fused-ring (bicyclic) bond motifs is 2. The van der Waals surface area contributed by atoms with Crippen LogP contribution in [0.4, 0.5) is 5.69 Å². The molecule has 1 aliphatic heterocycles. The predicted molar refractivity (Wildman–Crippen MR) is 316 cm³/mol. The van der Waals surface area contributed by atoms with E-state index in [1.165, 1.54) is 52.1 Å². The molecule has 8 amide bonds. The molecule has 3 aliphatic rings. The van der Waals surface area contributed by atoms with Crippen molar-refractivity contribution in [3.8, 4) is 0 Å². The van der Waals surface area contributed by atoms with Crippen LogP contribution < -0.4 is 47.9 Å². The maximum absolute atomic E-state index is 14.6. The first kappa shape index (κ1) is 61.5. The molecule has 1 fully saturated rings. The fraction of sp³-hybridized carbons (Fsp3) is 0.484. The van der Waals surface area contributed by atoms with Gasteiger partial charge in [-0.3, -0.25) is 38.4 Å². The minimum Gasteiger partial charge on any atom is -0.347 e. The Kier molecular flexibility index (Phi) is 20.6.